The van der Waals surface area contributed by atoms with Gasteiger partial charge in [0.1, 0.15) is 5.82 Å². The fourth-order valence-electron chi connectivity index (χ4n) is 1.80. The Morgan fingerprint density at radius 2 is 1.95 bits per heavy atom. The fraction of sp³-hybridized carbons (Fsp3) is 0.133. The van der Waals surface area contributed by atoms with Crippen molar-refractivity contribution in [2.45, 2.75) is 6.04 Å². The minimum atomic E-state index is -0.579. The van der Waals surface area contributed by atoms with Crippen molar-refractivity contribution in [1.82, 2.24) is 5.32 Å². The summed E-state index contributed by atoms with van der Waals surface area (Å²) in [6.45, 7) is -0.231. The molecule has 1 atom stereocenters. The largest absolute Gasteiger partial charge is 0.394 e. The summed E-state index contributed by atoms with van der Waals surface area (Å²) in [6.07, 6.45) is 0. The molecule has 0 unspecified atom stereocenters. The Balaban J connectivity index is 2.15. The predicted molar refractivity (Wildman–Crippen MR) is 75.1 cm³/mol. The number of carbonyl (C=O) groups excluding carboxylic acids is 1. The molecule has 0 spiro atoms. The number of nitrogens with one attached hydrogen (secondary N) is 1. The number of amides is 1. The molecule has 0 bridgehead atoms. The molecular formula is C15H13ClFNO2. The molecule has 0 aliphatic carbocycles. The van der Waals surface area contributed by atoms with E-state index in [0.717, 1.165) is 11.6 Å². The predicted octanol–water partition coefficient (Wildman–Crippen LogP) is 2.94. The second kappa shape index (κ2) is 6.50. The van der Waals surface area contributed by atoms with Crippen molar-refractivity contribution in [3.63, 3.8) is 0 Å². The van der Waals surface area contributed by atoms with Crippen molar-refractivity contribution in [3.05, 3.63) is 70.5 Å². The van der Waals surface area contributed by atoms with Gasteiger partial charge in [-0.1, -0.05) is 41.9 Å². The maximum absolute atomic E-state index is 13.1. The van der Waals surface area contributed by atoms with Gasteiger partial charge in [-0.15, -0.1) is 0 Å². The summed E-state index contributed by atoms with van der Waals surface area (Å²) < 4.78 is 13.1. The number of rotatable bonds is 4. The van der Waals surface area contributed by atoms with Crippen LogP contribution >= 0.6 is 11.6 Å². The average Bonchev–Trinajstić information content (AvgIpc) is 2.48. The standard InChI is InChI=1S/C15H13ClFNO2/c16-12-8-11(6-7-13(12)17)15(20)18-14(9-19)10-4-2-1-3-5-10/h1-8,14,19H,9H2,(H,18,20)/t14-/m1/s1. The van der Waals surface area contributed by atoms with E-state index in [1.807, 2.05) is 18.2 Å². The van der Waals surface area contributed by atoms with Gasteiger partial charge in [0, 0.05) is 5.56 Å². The van der Waals surface area contributed by atoms with Gasteiger partial charge in [0.2, 0.25) is 0 Å². The van der Waals surface area contributed by atoms with Crippen molar-refractivity contribution < 1.29 is 14.3 Å². The summed E-state index contributed by atoms with van der Waals surface area (Å²) in [5.74, 6) is -1.00. The molecule has 0 fully saturated rings. The van der Waals surface area contributed by atoms with Gasteiger partial charge in [0.05, 0.1) is 17.7 Å². The van der Waals surface area contributed by atoms with Crippen molar-refractivity contribution in [1.29, 1.82) is 0 Å². The molecule has 0 aliphatic heterocycles. The lowest BCUT2D eigenvalue weighted by Gasteiger charge is -2.16. The number of carbonyl (C=O) groups is 1. The molecule has 0 radical (unpaired) electrons. The molecule has 1 amide bonds. The Hall–Kier alpha value is -1.91. The van der Waals surface area contributed by atoms with Gasteiger partial charge in [-0.3, -0.25) is 4.79 Å². The molecule has 20 heavy (non-hydrogen) atoms. The maximum Gasteiger partial charge on any atom is 0.251 e. The third kappa shape index (κ3) is 3.35. The molecule has 0 aliphatic rings. The topological polar surface area (TPSA) is 49.3 Å². The third-order valence-corrected chi connectivity index (χ3v) is 3.16. The van der Waals surface area contributed by atoms with Crippen LogP contribution < -0.4 is 5.32 Å². The second-order valence-corrected chi connectivity index (χ2v) is 4.66. The Bertz CT molecular complexity index is 604. The number of aliphatic hydroxyl groups excluding tert-OH is 1. The summed E-state index contributed by atoms with van der Waals surface area (Å²) in [6, 6.07) is 12.3. The van der Waals surface area contributed by atoms with Crippen LogP contribution in [0, 0.1) is 5.82 Å². The highest BCUT2D eigenvalue weighted by atomic mass is 35.5. The van der Waals surface area contributed by atoms with Gasteiger partial charge in [0.15, 0.2) is 0 Å². The Morgan fingerprint density at radius 3 is 2.55 bits per heavy atom. The van der Waals surface area contributed by atoms with Crippen LogP contribution in [0.1, 0.15) is 22.0 Å². The lowest BCUT2D eigenvalue weighted by atomic mass is 10.1. The van der Waals surface area contributed by atoms with Crippen LogP contribution in [0.2, 0.25) is 5.02 Å². The molecule has 2 rings (SSSR count). The molecular weight excluding hydrogens is 281 g/mol. The van der Waals surface area contributed by atoms with E-state index in [2.05, 4.69) is 5.32 Å². The van der Waals surface area contributed by atoms with E-state index >= 15 is 0 Å². The molecule has 0 saturated carbocycles. The second-order valence-electron chi connectivity index (χ2n) is 4.25. The first-order valence-corrected chi connectivity index (χ1v) is 6.41. The minimum Gasteiger partial charge on any atom is -0.394 e. The van der Waals surface area contributed by atoms with Crippen molar-refractivity contribution in [2.24, 2.45) is 0 Å². The first-order chi connectivity index (χ1) is 9.61. The molecule has 0 heterocycles. The fourth-order valence-corrected chi connectivity index (χ4v) is 1.98. The number of aliphatic hydroxyl groups is 1. The summed E-state index contributed by atoms with van der Waals surface area (Å²) in [7, 11) is 0. The van der Waals surface area contributed by atoms with Gasteiger partial charge < -0.3 is 10.4 Å². The zero-order chi connectivity index (χ0) is 14.5. The van der Waals surface area contributed by atoms with Crippen LogP contribution in [0.3, 0.4) is 0 Å². The van der Waals surface area contributed by atoms with E-state index in [9.17, 15) is 14.3 Å². The van der Waals surface area contributed by atoms with Gasteiger partial charge in [-0.2, -0.15) is 0 Å². The lowest BCUT2D eigenvalue weighted by Crippen LogP contribution is -2.30. The van der Waals surface area contributed by atoms with Gasteiger partial charge in [-0.05, 0) is 23.8 Å². The molecule has 3 nitrogen and oxygen atoms in total. The van der Waals surface area contributed by atoms with E-state index in [4.69, 9.17) is 11.6 Å². The smallest absolute Gasteiger partial charge is 0.251 e. The van der Waals surface area contributed by atoms with Crippen LogP contribution in [0.15, 0.2) is 48.5 Å². The van der Waals surface area contributed by atoms with Crippen LogP contribution in [-0.4, -0.2) is 17.6 Å². The summed E-state index contributed by atoms with van der Waals surface area (Å²) >= 11 is 5.64. The van der Waals surface area contributed by atoms with Crippen LogP contribution in [0.25, 0.3) is 0 Å². The highest BCUT2D eigenvalue weighted by Gasteiger charge is 2.15. The Kier molecular flexibility index (Phi) is 4.71. The molecule has 2 aromatic rings. The molecule has 0 saturated heterocycles. The Labute approximate surface area is 121 Å². The van der Waals surface area contributed by atoms with Crippen LogP contribution in [0.5, 0.6) is 0 Å². The average molecular weight is 294 g/mol. The highest BCUT2D eigenvalue weighted by Crippen LogP contribution is 2.17. The molecule has 2 aromatic carbocycles. The van der Waals surface area contributed by atoms with Crippen LogP contribution in [0.4, 0.5) is 4.39 Å². The third-order valence-electron chi connectivity index (χ3n) is 2.87. The van der Waals surface area contributed by atoms with Crippen molar-refractivity contribution in [2.75, 3.05) is 6.61 Å². The van der Waals surface area contributed by atoms with Crippen molar-refractivity contribution >= 4 is 17.5 Å². The maximum atomic E-state index is 13.1. The lowest BCUT2D eigenvalue weighted by molar-refractivity contribution is 0.0916. The molecule has 0 aromatic heterocycles. The first-order valence-electron chi connectivity index (χ1n) is 6.03. The minimum absolute atomic E-state index is 0.113. The zero-order valence-electron chi connectivity index (χ0n) is 10.5. The van der Waals surface area contributed by atoms with E-state index in [1.54, 1.807) is 12.1 Å². The van der Waals surface area contributed by atoms with E-state index < -0.39 is 17.8 Å². The van der Waals surface area contributed by atoms with E-state index in [1.165, 1.54) is 12.1 Å². The summed E-state index contributed by atoms with van der Waals surface area (Å²) in [4.78, 5) is 12.0. The van der Waals surface area contributed by atoms with Gasteiger partial charge >= 0.3 is 0 Å². The van der Waals surface area contributed by atoms with E-state index in [0.29, 0.717) is 0 Å². The molecule has 104 valence electrons. The van der Waals surface area contributed by atoms with Crippen LogP contribution in [-0.2, 0) is 0 Å². The monoisotopic (exact) mass is 293 g/mol. The highest BCUT2D eigenvalue weighted by molar-refractivity contribution is 6.31. The number of hydrogen-bond acceptors (Lipinski definition) is 2. The Morgan fingerprint density at radius 1 is 1.25 bits per heavy atom. The number of halogens is 2. The van der Waals surface area contributed by atoms with Gasteiger partial charge in [0.25, 0.3) is 5.91 Å². The quantitative estimate of drug-likeness (QED) is 0.910. The zero-order valence-corrected chi connectivity index (χ0v) is 11.3. The molecule has 5 heteroatoms. The normalized spacial score (nSPS) is 11.9. The number of benzene rings is 2. The summed E-state index contributed by atoms with van der Waals surface area (Å²) in [5.41, 5.74) is 1.03. The van der Waals surface area contributed by atoms with Gasteiger partial charge in [-0.25, -0.2) is 4.39 Å². The first kappa shape index (κ1) is 14.5. The summed E-state index contributed by atoms with van der Waals surface area (Å²) in [5, 5.41) is 11.9. The number of hydrogen-bond donors (Lipinski definition) is 2. The SMILES string of the molecule is O=C(N[C@H](CO)c1ccccc1)c1ccc(F)c(Cl)c1. The van der Waals surface area contributed by atoms with Crippen molar-refractivity contribution in [3.8, 4) is 0 Å². The molecule has 2 N–H and O–H groups in total. The van der Waals surface area contributed by atoms with E-state index in [-0.39, 0.29) is 17.2 Å².